The molecule has 1 aromatic carbocycles. The Balaban J connectivity index is 3.06. The van der Waals surface area contributed by atoms with Crippen molar-refractivity contribution >= 4 is 17.4 Å². The van der Waals surface area contributed by atoms with Gasteiger partial charge in [0.1, 0.15) is 11.5 Å². The number of benzene rings is 1. The van der Waals surface area contributed by atoms with Gasteiger partial charge in [-0.25, -0.2) is 0 Å². The van der Waals surface area contributed by atoms with Gasteiger partial charge in [0.2, 0.25) is 0 Å². The van der Waals surface area contributed by atoms with Crippen molar-refractivity contribution in [1.29, 1.82) is 0 Å². The molecule has 0 aromatic heterocycles. The molecule has 3 nitrogen and oxygen atoms in total. The normalized spacial score (nSPS) is 12.8. The molecule has 112 valence electrons. The molecule has 20 heavy (non-hydrogen) atoms. The third-order valence-corrected chi connectivity index (χ3v) is 3.53. The number of Topliss-reactive ketones (excluding diaryl/α,β-unsaturated/α-hetero) is 1. The van der Waals surface area contributed by atoms with Crippen LogP contribution in [0.4, 0.5) is 0 Å². The quantitative estimate of drug-likeness (QED) is 0.835. The van der Waals surface area contributed by atoms with E-state index in [2.05, 4.69) is 19.2 Å². The zero-order valence-corrected chi connectivity index (χ0v) is 13.6. The van der Waals surface area contributed by atoms with Gasteiger partial charge in [-0.15, -0.1) is 0 Å². The average molecular weight is 298 g/mol. The van der Waals surface area contributed by atoms with Crippen LogP contribution in [0, 0.1) is 5.92 Å². The van der Waals surface area contributed by atoms with Crippen LogP contribution in [0.3, 0.4) is 0 Å². The standard InChI is InChI=1S/C16H24ClNO2/c1-10(2)16(19)13(9-18-11(3)4)12-6-7-14(17)15(8-12)20-5/h6-8,10-11,13,18H,9H2,1-5H3/t13-/m1/s1. The topological polar surface area (TPSA) is 38.3 Å². The van der Waals surface area contributed by atoms with Crippen molar-refractivity contribution in [2.45, 2.75) is 39.7 Å². The molecule has 0 aliphatic carbocycles. The molecule has 1 N–H and O–H groups in total. The zero-order chi connectivity index (χ0) is 15.3. The third-order valence-electron chi connectivity index (χ3n) is 3.22. The van der Waals surface area contributed by atoms with Gasteiger partial charge < -0.3 is 10.1 Å². The number of hydrogen-bond acceptors (Lipinski definition) is 3. The van der Waals surface area contributed by atoms with E-state index in [0.29, 0.717) is 23.4 Å². The molecule has 0 unspecified atom stereocenters. The number of halogens is 1. The summed E-state index contributed by atoms with van der Waals surface area (Å²) in [4.78, 5) is 12.4. The summed E-state index contributed by atoms with van der Waals surface area (Å²) in [6.07, 6.45) is 0. The molecule has 0 aliphatic heterocycles. The van der Waals surface area contributed by atoms with E-state index in [-0.39, 0.29) is 17.6 Å². The molecule has 1 aromatic rings. The summed E-state index contributed by atoms with van der Waals surface area (Å²) in [5.74, 6) is 0.650. The summed E-state index contributed by atoms with van der Waals surface area (Å²) in [5.41, 5.74) is 0.943. The van der Waals surface area contributed by atoms with Crippen LogP contribution in [0.1, 0.15) is 39.2 Å². The lowest BCUT2D eigenvalue weighted by atomic mass is 9.88. The van der Waals surface area contributed by atoms with Gasteiger partial charge in [-0.3, -0.25) is 4.79 Å². The smallest absolute Gasteiger partial charge is 0.144 e. The first-order valence-electron chi connectivity index (χ1n) is 6.97. The van der Waals surface area contributed by atoms with E-state index in [4.69, 9.17) is 16.3 Å². The second-order valence-electron chi connectivity index (χ2n) is 5.57. The molecule has 0 saturated carbocycles. The minimum Gasteiger partial charge on any atom is -0.495 e. The van der Waals surface area contributed by atoms with Crippen LogP contribution < -0.4 is 10.1 Å². The molecule has 0 saturated heterocycles. The van der Waals surface area contributed by atoms with Crippen molar-refractivity contribution in [3.05, 3.63) is 28.8 Å². The number of nitrogens with one attached hydrogen (secondary N) is 1. The molecule has 0 radical (unpaired) electrons. The highest BCUT2D eigenvalue weighted by Gasteiger charge is 2.24. The molecule has 0 fully saturated rings. The van der Waals surface area contributed by atoms with Gasteiger partial charge >= 0.3 is 0 Å². The lowest BCUT2D eigenvalue weighted by Gasteiger charge is -2.21. The average Bonchev–Trinajstić information content (AvgIpc) is 2.39. The lowest BCUT2D eigenvalue weighted by Crippen LogP contribution is -2.33. The minimum absolute atomic E-state index is 0.00404. The maximum absolute atomic E-state index is 12.4. The zero-order valence-electron chi connectivity index (χ0n) is 12.9. The largest absolute Gasteiger partial charge is 0.495 e. The van der Waals surface area contributed by atoms with E-state index < -0.39 is 0 Å². The Kier molecular flexibility index (Phi) is 6.50. The fourth-order valence-corrected chi connectivity index (χ4v) is 2.23. The molecule has 0 amide bonds. The van der Waals surface area contributed by atoms with E-state index in [9.17, 15) is 4.79 Å². The minimum atomic E-state index is -0.177. The maximum atomic E-state index is 12.4. The first kappa shape index (κ1) is 17.0. The molecule has 0 bridgehead atoms. The predicted octanol–water partition coefficient (Wildman–Crippen LogP) is 3.66. The van der Waals surface area contributed by atoms with Crippen molar-refractivity contribution in [2.75, 3.05) is 13.7 Å². The van der Waals surface area contributed by atoms with Gasteiger partial charge in [0.25, 0.3) is 0 Å². The highest BCUT2D eigenvalue weighted by molar-refractivity contribution is 6.32. The lowest BCUT2D eigenvalue weighted by molar-refractivity contribution is -0.123. The molecular formula is C16H24ClNO2. The SMILES string of the molecule is COc1cc([C@@H](CNC(C)C)C(=O)C(C)C)ccc1Cl. The van der Waals surface area contributed by atoms with Gasteiger partial charge in [-0.05, 0) is 17.7 Å². The summed E-state index contributed by atoms with van der Waals surface area (Å²) >= 11 is 6.05. The van der Waals surface area contributed by atoms with Crippen LogP contribution in [-0.4, -0.2) is 25.5 Å². The maximum Gasteiger partial charge on any atom is 0.144 e. The fourth-order valence-electron chi connectivity index (χ4n) is 2.03. The van der Waals surface area contributed by atoms with Gasteiger partial charge in [-0.2, -0.15) is 0 Å². The summed E-state index contributed by atoms with van der Waals surface area (Å²) in [5, 5.41) is 3.90. The summed E-state index contributed by atoms with van der Waals surface area (Å²) < 4.78 is 5.24. The molecule has 0 spiro atoms. The van der Waals surface area contributed by atoms with Crippen molar-refractivity contribution in [1.82, 2.24) is 5.32 Å². The van der Waals surface area contributed by atoms with Crippen LogP contribution in [0.5, 0.6) is 5.75 Å². The monoisotopic (exact) mass is 297 g/mol. The van der Waals surface area contributed by atoms with Crippen LogP contribution in [0.15, 0.2) is 18.2 Å². The van der Waals surface area contributed by atoms with Crippen molar-refractivity contribution in [2.24, 2.45) is 5.92 Å². The number of ketones is 1. The summed E-state index contributed by atoms with van der Waals surface area (Å²) in [7, 11) is 1.58. The van der Waals surface area contributed by atoms with Crippen molar-refractivity contribution < 1.29 is 9.53 Å². The van der Waals surface area contributed by atoms with Crippen LogP contribution in [0.25, 0.3) is 0 Å². The number of methoxy groups -OCH3 is 1. The number of carbonyl (C=O) groups excluding carboxylic acids is 1. The second kappa shape index (κ2) is 7.65. The van der Waals surface area contributed by atoms with Crippen molar-refractivity contribution in [3.8, 4) is 5.75 Å². The summed E-state index contributed by atoms with van der Waals surface area (Å²) in [6, 6.07) is 5.88. The van der Waals surface area contributed by atoms with E-state index in [1.54, 1.807) is 13.2 Å². The number of rotatable bonds is 7. The predicted molar refractivity (Wildman–Crippen MR) is 83.7 cm³/mol. The number of hydrogen-bond donors (Lipinski definition) is 1. The van der Waals surface area contributed by atoms with E-state index in [1.165, 1.54) is 0 Å². The molecule has 1 atom stereocenters. The first-order valence-corrected chi connectivity index (χ1v) is 7.35. The second-order valence-corrected chi connectivity index (χ2v) is 5.97. The Labute approximate surface area is 126 Å². The van der Waals surface area contributed by atoms with E-state index in [0.717, 1.165) is 5.56 Å². The Morgan fingerprint density at radius 1 is 1.30 bits per heavy atom. The highest BCUT2D eigenvalue weighted by Crippen LogP contribution is 2.29. The van der Waals surface area contributed by atoms with Gasteiger partial charge in [0, 0.05) is 18.5 Å². The Hall–Kier alpha value is -1.06. The molecular weight excluding hydrogens is 274 g/mol. The Morgan fingerprint density at radius 3 is 2.45 bits per heavy atom. The first-order chi connectivity index (χ1) is 9.36. The van der Waals surface area contributed by atoms with E-state index >= 15 is 0 Å². The highest BCUT2D eigenvalue weighted by atomic mass is 35.5. The Morgan fingerprint density at radius 2 is 1.95 bits per heavy atom. The van der Waals surface area contributed by atoms with Gasteiger partial charge in [0.15, 0.2) is 0 Å². The number of ether oxygens (including phenoxy) is 1. The molecule has 0 heterocycles. The van der Waals surface area contributed by atoms with Gasteiger partial charge in [-0.1, -0.05) is 45.4 Å². The van der Waals surface area contributed by atoms with E-state index in [1.807, 2.05) is 26.0 Å². The Bertz CT molecular complexity index is 458. The molecule has 1 rings (SSSR count). The molecule has 4 heteroatoms. The third kappa shape index (κ3) is 4.50. The molecule has 0 aliphatic rings. The summed E-state index contributed by atoms with van der Waals surface area (Å²) in [6.45, 7) is 8.62. The van der Waals surface area contributed by atoms with Crippen LogP contribution >= 0.6 is 11.6 Å². The number of carbonyl (C=O) groups is 1. The van der Waals surface area contributed by atoms with Crippen LogP contribution in [-0.2, 0) is 4.79 Å². The van der Waals surface area contributed by atoms with Gasteiger partial charge in [0.05, 0.1) is 18.1 Å². The van der Waals surface area contributed by atoms with Crippen molar-refractivity contribution in [3.63, 3.8) is 0 Å². The fraction of sp³-hybridized carbons (Fsp3) is 0.562. The van der Waals surface area contributed by atoms with Crippen LogP contribution in [0.2, 0.25) is 5.02 Å².